The molecule has 0 aliphatic heterocycles. The molecule has 0 saturated carbocycles. The van der Waals surface area contributed by atoms with Crippen LogP contribution < -0.4 is 5.56 Å². The summed E-state index contributed by atoms with van der Waals surface area (Å²) in [5, 5.41) is 1.87. The number of fused-ring (bicyclic) bond motifs is 1. The SMILES string of the molecule is CC.Cc1nc2ccsc2c(=O)[nH]1. The number of H-pyrrole nitrogens is 1. The number of nitrogens with zero attached hydrogens (tertiary/aromatic N) is 1. The van der Waals surface area contributed by atoms with Crippen LogP contribution in [0.1, 0.15) is 19.7 Å². The highest BCUT2D eigenvalue weighted by atomic mass is 32.1. The molecule has 0 aliphatic rings. The zero-order valence-corrected chi connectivity index (χ0v) is 8.73. The van der Waals surface area contributed by atoms with Gasteiger partial charge in [-0.25, -0.2) is 4.98 Å². The molecule has 3 nitrogen and oxygen atoms in total. The molecule has 2 aromatic heterocycles. The molecule has 0 radical (unpaired) electrons. The van der Waals surface area contributed by atoms with Crippen molar-refractivity contribution in [2.45, 2.75) is 20.8 Å². The maximum Gasteiger partial charge on any atom is 0.268 e. The molecule has 0 amide bonds. The number of hydrogen-bond donors (Lipinski definition) is 1. The van der Waals surface area contributed by atoms with Crippen molar-refractivity contribution in [1.29, 1.82) is 0 Å². The van der Waals surface area contributed by atoms with Gasteiger partial charge in [0.2, 0.25) is 0 Å². The smallest absolute Gasteiger partial charge is 0.268 e. The summed E-state index contributed by atoms with van der Waals surface area (Å²) in [5.41, 5.74) is 0.749. The number of aromatic amines is 1. The van der Waals surface area contributed by atoms with Crippen molar-refractivity contribution in [2.75, 3.05) is 0 Å². The van der Waals surface area contributed by atoms with Gasteiger partial charge in [0.05, 0.1) is 5.52 Å². The Balaban J connectivity index is 0.000000396. The lowest BCUT2D eigenvalue weighted by Gasteiger charge is -1.90. The van der Waals surface area contributed by atoms with Gasteiger partial charge >= 0.3 is 0 Å². The number of aryl methyl sites for hydroxylation is 1. The minimum Gasteiger partial charge on any atom is -0.310 e. The van der Waals surface area contributed by atoms with E-state index in [1.807, 2.05) is 25.3 Å². The molecule has 0 atom stereocenters. The molecule has 4 heteroatoms. The Morgan fingerprint density at radius 1 is 1.46 bits per heavy atom. The minimum absolute atomic E-state index is 0.0394. The normalized spacial score (nSPS) is 9.46. The van der Waals surface area contributed by atoms with Gasteiger partial charge < -0.3 is 4.98 Å². The summed E-state index contributed by atoms with van der Waals surface area (Å²) >= 11 is 1.42. The molecule has 2 heterocycles. The fourth-order valence-electron chi connectivity index (χ4n) is 0.990. The van der Waals surface area contributed by atoms with Crippen LogP contribution >= 0.6 is 11.3 Å². The van der Waals surface area contributed by atoms with Gasteiger partial charge in [0.25, 0.3) is 5.56 Å². The molecule has 0 saturated heterocycles. The Morgan fingerprint density at radius 2 is 2.15 bits per heavy atom. The minimum atomic E-state index is -0.0394. The molecule has 0 aliphatic carbocycles. The van der Waals surface area contributed by atoms with E-state index >= 15 is 0 Å². The third-order valence-corrected chi connectivity index (χ3v) is 2.34. The molecule has 0 fully saturated rings. The topological polar surface area (TPSA) is 45.8 Å². The van der Waals surface area contributed by atoms with Gasteiger partial charge in [-0.15, -0.1) is 11.3 Å². The van der Waals surface area contributed by atoms with Crippen LogP contribution in [0.25, 0.3) is 10.2 Å². The van der Waals surface area contributed by atoms with Gasteiger partial charge in [-0.2, -0.15) is 0 Å². The zero-order chi connectivity index (χ0) is 9.84. The fourth-order valence-corrected chi connectivity index (χ4v) is 1.72. The quantitative estimate of drug-likeness (QED) is 0.702. The van der Waals surface area contributed by atoms with Crippen molar-refractivity contribution < 1.29 is 0 Å². The van der Waals surface area contributed by atoms with Crippen LogP contribution in [0.15, 0.2) is 16.2 Å². The second kappa shape index (κ2) is 4.18. The van der Waals surface area contributed by atoms with E-state index in [0.29, 0.717) is 10.5 Å². The highest BCUT2D eigenvalue weighted by Gasteiger charge is 2.00. The van der Waals surface area contributed by atoms with Crippen molar-refractivity contribution in [3.05, 3.63) is 27.6 Å². The van der Waals surface area contributed by atoms with Crippen molar-refractivity contribution >= 4 is 21.6 Å². The van der Waals surface area contributed by atoms with E-state index in [9.17, 15) is 4.79 Å². The lowest BCUT2D eigenvalue weighted by Crippen LogP contribution is -2.07. The second-order valence-corrected chi connectivity index (χ2v) is 3.20. The number of thiophene rings is 1. The van der Waals surface area contributed by atoms with Gasteiger partial charge in [0.15, 0.2) is 0 Å². The maximum absolute atomic E-state index is 11.2. The maximum atomic E-state index is 11.2. The van der Waals surface area contributed by atoms with E-state index < -0.39 is 0 Å². The van der Waals surface area contributed by atoms with Crippen molar-refractivity contribution in [1.82, 2.24) is 9.97 Å². The average Bonchev–Trinajstić information content (AvgIpc) is 2.55. The molecular weight excluding hydrogens is 184 g/mol. The molecule has 0 spiro atoms. The summed E-state index contributed by atoms with van der Waals surface area (Å²) in [6.45, 7) is 5.78. The van der Waals surface area contributed by atoms with Gasteiger partial charge in [-0.3, -0.25) is 4.79 Å². The van der Waals surface area contributed by atoms with Crippen LogP contribution in [-0.2, 0) is 0 Å². The van der Waals surface area contributed by atoms with Crippen LogP contribution in [0.4, 0.5) is 0 Å². The van der Waals surface area contributed by atoms with E-state index in [2.05, 4.69) is 9.97 Å². The fraction of sp³-hybridized carbons (Fsp3) is 0.333. The van der Waals surface area contributed by atoms with Crippen molar-refractivity contribution in [3.63, 3.8) is 0 Å². The molecule has 13 heavy (non-hydrogen) atoms. The first-order chi connectivity index (χ1) is 6.27. The Bertz CT molecular complexity index is 444. The van der Waals surface area contributed by atoms with Gasteiger partial charge in [0.1, 0.15) is 10.5 Å². The van der Waals surface area contributed by atoms with E-state index in [0.717, 1.165) is 5.52 Å². The molecule has 1 N–H and O–H groups in total. The summed E-state index contributed by atoms with van der Waals surface area (Å²) in [4.78, 5) is 18.0. The van der Waals surface area contributed by atoms with Crippen molar-refractivity contribution in [3.8, 4) is 0 Å². The summed E-state index contributed by atoms with van der Waals surface area (Å²) in [5.74, 6) is 0.668. The highest BCUT2D eigenvalue weighted by Crippen LogP contribution is 2.12. The van der Waals surface area contributed by atoms with Crippen LogP contribution in [0, 0.1) is 6.92 Å². The van der Waals surface area contributed by atoms with Crippen LogP contribution in [0.5, 0.6) is 0 Å². The lowest BCUT2D eigenvalue weighted by molar-refractivity contribution is 1.06. The Labute approximate surface area is 80.5 Å². The van der Waals surface area contributed by atoms with E-state index in [1.54, 1.807) is 6.92 Å². The molecule has 2 rings (SSSR count). The van der Waals surface area contributed by atoms with Crippen molar-refractivity contribution in [2.24, 2.45) is 0 Å². The molecule has 2 aromatic rings. The Kier molecular flexibility index (Phi) is 3.19. The summed E-state index contributed by atoms with van der Waals surface area (Å²) in [6.07, 6.45) is 0. The highest BCUT2D eigenvalue weighted by molar-refractivity contribution is 7.17. The lowest BCUT2D eigenvalue weighted by atomic mass is 10.4. The van der Waals surface area contributed by atoms with Gasteiger partial charge in [-0.05, 0) is 18.4 Å². The molecule has 0 aromatic carbocycles. The Morgan fingerprint density at radius 3 is 2.85 bits per heavy atom. The van der Waals surface area contributed by atoms with Crippen LogP contribution in [0.3, 0.4) is 0 Å². The second-order valence-electron chi connectivity index (χ2n) is 2.29. The Hall–Kier alpha value is -1.16. The summed E-state index contributed by atoms with van der Waals surface area (Å²) in [6, 6.07) is 1.85. The molecule has 70 valence electrons. The van der Waals surface area contributed by atoms with E-state index in [1.165, 1.54) is 11.3 Å². The first-order valence-corrected chi connectivity index (χ1v) is 5.09. The number of aromatic nitrogens is 2. The third kappa shape index (κ3) is 1.95. The standard InChI is InChI=1S/C7H6N2OS.C2H6/c1-4-8-5-2-3-11-6(5)7(10)9-4;1-2/h2-3H,1H3,(H,8,9,10);1-2H3. The number of nitrogens with one attached hydrogen (secondary N) is 1. The monoisotopic (exact) mass is 196 g/mol. The first kappa shape index (κ1) is 9.92. The summed E-state index contributed by atoms with van der Waals surface area (Å²) < 4.78 is 0.704. The molecule has 0 bridgehead atoms. The van der Waals surface area contributed by atoms with Crippen LogP contribution in [-0.4, -0.2) is 9.97 Å². The summed E-state index contributed by atoms with van der Waals surface area (Å²) in [7, 11) is 0. The average molecular weight is 196 g/mol. The predicted octanol–water partition coefficient (Wildman–Crippen LogP) is 2.32. The largest absolute Gasteiger partial charge is 0.310 e. The first-order valence-electron chi connectivity index (χ1n) is 4.21. The predicted molar refractivity (Wildman–Crippen MR) is 56.3 cm³/mol. The van der Waals surface area contributed by atoms with E-state index in [4.69, 9.17) is 0 Å². The molecular formula is C9H12N2OS. The van der Waals surface area contributed by atoms with Crippen LogP contribution in [0.2, 0.25) is 0 Å². The number of rotatable bonds is 0. The molecule has 0 unspecified atom stereocenters. The van der Waals surface area contributed by atoms with Gasteiger partial charge in [0, 0.05) is 0 Å². The van der Waals surface area contributed by atoms with E-state index in [-0.39, 0.29) is 5.56 Å². The zero-order valence-electron chi connectivity index (χ0n) is 7.92. The third-order valence-electron chi connectivity index (χ3n) is 1.43. The number of hydrogen-bond acceptors (Lipinski definition) is 3. The van der Waals surface area contributed by atoms with Gasteiger partial charge in [-0.1, -0.05) is 13.8 Å².